The minimum absolute atomic E-state index is 0.218. The molecule has 0 spiro atoms. The fourth-order valence-corrected chi connectivity index (χ4v) is 1.34. The van der Waals surface area contributed by atoms with Gasteiger partial charge in [-0.3, -0.25) is 0 Å². The van der Waals surface area contributed by atoms with Gasteiger partial charge in [0.25, 0.3) is 0 Å². The van der Waals surface area contributed by atoms with E-state index < -0.39 is 5.82 Å². The second kappa shape index (κ2) is 4.14. The molecule has 0 saturated carbocycles. The van der Waals surface area contributed by atoms with Crippen molar-refractivity contribution >= 4 is 0 Å². The Balaban J connectivity index is 2.48. The van der Waals surface area contributed by atoms with Gasteiger partial charge in [-0.1, -0.05) is 30.3 Å². The molecule has 4 heteroatoms. The molecule has 0 fully saturated rings. The third-order valence-electron chi connectivity index (χ3n) is 1.96. The standard InChI is InChI=1S/C11H10O4/c1-13-7-9-10(15-11(12)14-9)8-5-3-2-4-6-8/h2-6H,7H2,1H3. The maximum atomic E-state index is 11.0. The maximum Gasteiger partial charge on any atom is 0.519 e. The summed E-state index contributed by atoms with van der Waals surface area (Å²) in [5.41, 5.74) is 0.801. The SMILES string of the molecule is COCc1oc(=O)oc1-c1ccccc1. The van der Waals surface area contributed by atoms with Gasteiger partial charge in [0.05, 0.1) is 0 Å². The predicted octanol–water partition coefficient (Wildman–Crippen LogP) is 2.05. The molecule has 1 heterocycles. The third kappa shape index (κ3) is 1.99. The molecule has 0 saturated heterocycles. The fraction of sp³-hybridized carbons (Fsp3) is 0.182. The van der Waals surface area contributed by atoms with Gasteiger partial charge in [-0.15, -0.1) is 0 Å². The van der Waals surface area contributed by atoms with Gasteiger partial charge in [0.1, 0.15) is 6.61 Å². The summed E-state index contributed by atoms with van der Waals surface area (Å²) in [5.74, 6) is 0.136. The van der Waals surface area contributed by atoms with Crippen LogP contribution in [-0.2, 0) is 11.3 Å². The normalized spacial score (nSPS) is 10.5. The van der Waals surface area contributed by atoms with Crippen molar-refractivity contribution in [1.29, 1.82) is 0 Å². The molecule has 0 aliphatic heterocycles. The highest BCUT2D eigenvalue weighted by molar-refractivity contribution is 5.58. The lowest BCUT2D eigenvalue weighted by Crippen LogP contribution is -1.88. The van der Waals surface area contributed by atoms with Gasteiger partial charge in [0, 0.05) is 12.7 Å². The number of hydrogen-bond donors (Lipinski definition) is 0. The Kier molecular flexibility index (Phi) is 2.69. The summed E-state index contributed by atoms with van der Waals surface area (Å²) in [7, 11) is 1.53. The van der Waals surface area contributed by atoms with Crippen LogP contribution in [0.2, 0.25) is 0 Å². The van der Waals surface area contributed by atoms with E-state index in [9.17, 15) is 4.79 Å². The predicted molar refractivity (Wildman–Crippen MR) is 53.4 cm³/mol. The quantitative estimate of drug-likeness (QED) is 0.771. The van der Waals surface area contributed by atoms with E-state index in [0.717, 1.165) is 5.56 Å². The first-order chi connectivity index (χ1) is 7.31. The van der Waals surface area contributed by atoms with Crippen molar-refractivity contribution in [3.05, 3.63) is 46.7 Å². The van der Waals surface area contributed by atoms with Crippen LogP contribution in [0.3, 0.4) is 0 Å². The molecule has 0 aliphatic carbocycles. The molecule has 0 aliphatic rings. The second-order valence-corrected chi connectivity index (χ2v) is 3.01. The van der Waals surface area contributed by atoms with Crippen molar-refractivity contribution in [3.8, 4) is 11.3 Å². The lowest BCUT2D eigenvalue weighted by atomic mass is 10.1. The van der Waals surface area contributed by atoms with Gasteiger partial charge >= 0.3 is 5.82 Å². The lowest BCUT2D eigenvalue weighted by molar-refractivity contribution is 0.162. The Bertz CT molecular complexity index is 481. The van der Waals surface area contributed by atoms with Crippen LogP contribution < -0.4 is 5.82 Å². The third-order valence-corrected chi connectivity index (χ3v) is 1.96. The highest BCUT2D eigenvalue weighted by atomic mass is 16.6. The summed E-state index contributed by atoms with van der Waals surface area (Å²) >= 11 is 0. The van der Waals surface area contributed by atoms with Gasteiger partial charge < -0.3 is 13.6 Å². The van der Waals surface area contributed by atoms with Crippen molar-refractivity contribution < 1.29 is 13.6 Å². The summed E-state index contributed by atoms with van der Waals surface area (Å²) in [5, 5.41) is 0. The Morgan fingerprint density at radius 1 is 1.20 bits per heavy atom. The van der Waals surface area contributed by atoms with E-state index in [0.29, 0.717) is 11.5 Å². The van der Waals surface area contributed by atoms with Crippen molar-refractivity contribution in [3.63, 3.8) is 0 Å². The van der Waals surface area contributed by atoms with Gasteiger partial charge in [0.2, 0.25) is 0 Å². The molecule has 0 N–H and O–H groups in total. The maximum absolute atomic E-state index is 11.0. The Morgan fingerprint density at radius 2 is 1.93 bits per heavy atom. The van der Waals surface area contributed by atoms with Gasteiger partial charge in [-0.25, -0.2) is 4.79 Å². The lowest BCUT2D eigenvalue weighted by Gasteiger charge is -1.97. The number of hydrogen-bond acceptors (Lipinski definition) is 4. The van der Waals surface area contributed by atoms with Crippen LogP contribution >= 0.6 is 0 Å². The van der Waals surface area contributed by atoms with E-state index in [4.69, 9.17) is 13.6 Å². The van der Waals surface area contributed by atoms with Crippen LogP contribution in [0, 0.1) is 0 Å². The van der Waals surface area contributed by atoms with E-state index >= 15 is 0 Å². The topological polar surface area (TPSA) is 52.6 Å². The van der Waals surface area contributed by atoms with Crippen LogP contribution in [0.15, 0.2) is 44.0 Å². The van der Waals surface area contributed by atoms with Crippen LogP contribution in [0.1, 0.15) is 5.76 Å². The molecule has 0 atom stereocenters. The van der Waals surface area contributed by atoms with Crippen molar-refractivity contribution in [2.45, 2.75) is 6.61 Å². The molecule has 15 heavy (non-hydrogen) atoms. The highest BCUT2D eigenvalue weighted by Gasteiger charge is 2.13. The van der Waals surface area contributed by atoms with Crippen LogP contribution in [0.4, 0.5) is 0 Å². The number of rotatable bonds is 3. The van der Waals surface area contributed by atoms with Gasteiger partial charge in [-0.2, -0.15) is 0 Å². The summed E-state index contributed by atoms with van der Waals surface area (Å²) in [6.07, 6.45) is 0. The van der Waals surface area contributed by atoms with Gasteiger partial charge in [0.15, 0.2) is 11.5 Å². The molecule has 0 unspecified atom stereocenters. The molecule has 0 bridgehead atoms. The number of benzene rings is 1. The van der Waals surface area contributed by atoms with Gasteiger partial charge in [-0.05, 0) is 0 Å². The Morgan fingerprint density at radius 3 is 2.60 bits per heavy atom. The van der Waals surface area contributed by atoms with Crippen molar-refractivity contribution in [1.82, 2.24) is 0 Å². The fourth-order valence-electron chi connectivity index (χ4n) is 1.34. The summed E-state index contributed by atoms with van der Waals surface area (Å²) in [6, 6.07) is 9.29. The van der Waals surface area contributed by atoms with Crippen LogP contribution in [0.5, 0.6) is 0 Å². The molecule has 0 radical (unpaired) electrons. The van der Waals surface area contributed by atoms with Crippen molar-refractivity contribution in [2.75, 3.05) is 7.11 Å². The molecule has 0 amide bonds. The minimum Gasteiger partial charge on any atom is -0.393 e. The molecule has 2 aromatic rings. The first-order valence-electron chi connectivity index (χ1n) is 4.48. The molecular weight excluding hydrogens is 196 g/mol. The van der Waals surface area contributed by atoms with Crippen LogP contribution in [0.25, 0.3) is 11.3 Å². The summed E-state index contributed by atoms with van der Waals surface area (Å²) in [6.45, 7) is 0.218. The molecule has 78 valence electrons. The van der Waals surface area contributed by atoms with E-state index in [1.807, 2.05) is 30.3 Å². The van der Waals surface area contributed by atoms with E-state index in [1.54, 1.807) is 0 Å². The zero-order chi connectivity index (χ0) is 10.7. The Labute approximate surface area is 86.1 Å². The monoisotopic (exact) mass is 206 g/mol. The summed E-state index contributed by atoms with van der Waals surface area (Å²) in [4.78, 5) is 11.0. The molecule has 1 aromatic carbocycles. The first kappa shape index (κ1) is 9.73. The van der Waals surface area contributed by atoms with E-state index in [2.05, 4.69) is 0 Å². The average molecular weight is 206 g/mol. The number of ether oxygens (including phenoxy) is 1. The smallest absolute Gasteiger partial charge is 0.393 e. The zero-order valence-corrected chi connectivity index (χ0v) is 8.23. The zero-order valence-electron chi connectivity index (χ0n) is 8.23. The molecular formula is C11H10O4. The van der Waals surface area contributed by atoms with Crippen molar-refractivity contribution in [2.24, 2.45) is 0 Å². The van der Waals surface area contributed by atoms with E-state index in [-0.39, 0.29) is 6.61 Å². The Hall–Kier alpha value is -1.81. The molecule has 4 nitrogen and oxygen atoms in total. The highest BCUT2D eigenvalue weighted by Crippen LogP contribution is 2.22. The minimum atomic E-state index is -0.707. The second-order valence-electron chi connectivity index (χ2n) is 3.01. The average Bonchev–Trinajstić information content (AvgIpc) is 2.62. The first-order valence-corrected chi connectivity index (χ1v) is 4.48. The van der Waals surface area contributed by atoms with Crippen LogP contribution in [-0.4, -0.2) is 7.11 Å². The largest absolute Gasteiger partial charge is 0.519 e. The summed E-state index contributed by atoms with van der Waals surface area (Å²) < 4.78 is 14.7. The molecule has 1 aromatic heterocycles. The van der Waals surface area contributed by atoms with E-state index in [1.165, 1.54) is 7.11 Å². The molecule has 2 rings (SSSR count). The number of methoxy groups -OCH3 is 1.